The third-order valence-corrected chi connectivity index (χ3v) is 1.82. The summed E-state index contributed by atoms with van der Waals surface area (Å²) in [6.45, 7) is 3.29. The summed E-state index contributed by atoms with van der Waals surface area (Å²) in [6, 6.07) is 0. The summed E-state index contributed by atoms with van der Waals surface area (Å²) < 4.78 is 0.295. The van der Waals surface area contributed by atoms with Crippen molar-refractivity contribution >= 4 is 11.8 Å². The molecular weight excluding hydrogens is 198 g/mol. The van der Waals surface area contributed by atoms with Gasteiger partial charge in [-0.15, -0.1) is 0 Å². The van der Waals surface area contributed by atoms with E-state index in [1.165, 1.54) is 0 Å². The van der Waals surface area contributed by atoms with Gasteiger partial charge in [0.05, 0.1) is 27.6 Å². The molecule has 0 saturated heterocycles. The first kappa shape index (κ1) is 13.8. The molecule has 15 heavy (non-hydrogen) atoms. The number of likely N-dealkylation sites (N-methyl/N-ethyl adjacent to an activating group) is 1. The zero-order valence-electron chi connectivity index (χ0n) is 9.36. The Morgan fingerprint density at radius 2 is 1.87 bits per heavy atom. The molecule has 86 valence electrons. The zero-order valence-corrected chi connectivity index (χ0v) is 9.36. The molecule has 5 nitrogen and oxygen atoms in total. The molecule has 0 saturated carbocycles. The van der Waals surface area contributed by atoms with Crippen LogP contribution >= 0.6 is 0 Å². The summed E-state index contributed by atoms with van der Waals surface area (Å²) in [7, 11) is 5.30. The van der Waals surface area contributed by atoms with Crippen LogP contribution in [0.4, 0.5) is 0 Å². The average molecular weight is 216 g/mol. The molecule has 0 spiro atoms. The van der Waals surface area contributed by atoms with E-state index in [1.807, 2.05) is 0 Å². The van der Waals surface area contributed by atoms with Gasteiger partial charge in [-0.2, -0.15) is 0 Å². The van der Waals surface area contributed by atoms with Crippen molar-refractivity contribution in [3.63, 3.8) is 0 Å². The number of aliphatic carboxylic acids is 1. The maximum atomic E-state index is 11.4. The molecule has 0 aliphatic carbocycles. The van der Waals surface area contributed by atoms with Gasteiger partial charge in [0.1, 0.15) is 6.54 Å². The van der Waals surface area contributed by atoms with Gasteiger partial charge in [0.2, 0.25) is 0 Å². The lowest BCUT2D eigenvalue weighted by Crippen LogP contribution is -2.54. The molecule has 0 rings (SSSR count). The summed E-state index contributed by atoms with van der Waals surface area (Å²) in [5.74, 6) is -1.86. The lowest BCUT2D eigenvalue weighted by atomic mass is 9.93. The van der Waals surface area contributed by atoms with E-state index in [4.69, 9.17) is 5.11 Å². The van der Waals surface area contributed by atoms with Crippen LogP contribution in [-0.4, -0.2) is 59.7 Å². The second kappa shape index (κ2) is 4.55. The number of rotatable bonds is 6. The van der Waals surface area contributed by atoms with Crippen LogP contribution in [0.5, 0.6) is 0 Å². The lowest BCUT2D eigenvalue weighted by molar-refractivity contribution is -0.875. The largest absolute Gasteiger partial charge is 0.481 e. The van der Waals surface area contributed by atoms with Crippen LogP contribution in [0.25, 0.3) is 0 Å². The highest BCUT2D eigenvalue weighted by molar-refractivity contribution is 5.98. The van der Waals surface area contributed by atoms with Crippen LogP contribution in [0, 0.1) is 0 Å². The van der Waals surface area contributed by atoms with Gasteiger partial charge in [-0.25, -0.2) is 0 Å². The molecule has 0 aromatic rings. The number of carbonyl (C=O) groups excluding carboxylic acids is 1. The van der Waals surface area contributed by atoms with Crippen LogP contribution in [0.2, 0.25) is 0 Å². The van der Waals surface area contributed by atoms with E-state index >= 15 is 0 Å². The number of hydrogen-bond donors (Lipinski definition) is 2. The van der Waals surface area contributed by atoms with E-state index in [-0.39, 0.29) is 6.54 Å². The van der Waals surface area contributed by atoms with Crippen LogP contribution in [0.1, 0.15) is 6.42 Å². The molecule has 0 radical (unpaired) electrons. The van der Waals surface area contributed by atoms with Gasteiger partial charge >= 0.3 is 5.97 Å². The van der Waals surface area contributed by atoms with E-state index in [0.29, 0.717) is 4.48 Å². The molecule has 0 aromatic carbocycles. The Morgan fingerprint density at radius 1 is 1.40 bits per heavy atom. The van der Waals surface area contributed by atoms with Crippen molar-refractivity contribution in [1.82, 2.24) is 0 Å². The standard InChI is InChI=1S/C10H17NO4/c1-5-8(12)10(15,6-9(13)14)7-11(2,3)4/h5,15H,1,6-7H2,2-4H3/p+1/t10-/m1/s1. The van der Waals surface area contributed by atoms with Crippen molar-refractivity contribution in [2.45, 2.75) is 12.0 Å². The Kier molecular flexibility index (Phi) is 4.18. The number of aliphatic hydroxyl groups is 1. The van der Waals surface area contributed by atoms with E-state index < -0.39 is 23.8 Å². The van der Waals surface area contributed by atoms with Gasteiger partial charge < -0.3 is 14.7 Å². The molecule has 0 bridgehead atoms. The van der Waals surface area contributed by atoms with E-state index in [1.54, 1.807) is 21.1 Å². The van der Waals surface area contributed by atoms with Crippen molar-refractivity contribution in [2.75, 3.05) is 27.7 Å². The minimum absolute atomic E-state index is 0.0319. The molecule has 0 fully saturated rings. The highest BCUT2D eigenvalue weighted by atomic mass is 16.4. The fourth-order valence-electron chi connectivity index (χ4n) is 1.45. The number of carboxylic acid groups (broad SMARTS) is 1. The number of carbonyl (C=O) groups is 2. The van der Waals surface area contributed by atoms with Crippen LogP contribution in [-0.2, 0) is 9.59 Å². The predicted octanol–water partition coefficient (Wildman–Crippen LogP) is -0.346. The molecule has 0 aliphatic rings. The van der Waals surface area contributed by atoms with Crippen molar-refractivity contribution in [3.05, 3.63) is 12.7 Å². The highest BCUT2D eigenvalue weighted by Gasteiger charge is 2.41. The van der Waals surface area contributed by atoms with Crippen LogP contribution < -0.4 is 0 Å². The average Bonchev–Trinajstić information content (AvgIpc) is 1.97. The summed E-state index contributed by atoms with van der Waals surface area (Å²) >= 11 is 0. The lowest BCUT2D eigenvalue weighted by Gasteiger charge is -2.32. The van der Waals surface area contributed by atoms with Gasteiger partial charge in [-0.1, -0.05) is 6.58 Å². The second-order valence-corrected chi connectivity index (χ2v) is 4.62. The minimum Gasteiger partial charge on any atom is -0.481 e. The van der Waals surface area contributed by atoms with Gasteiger partial charge in [-0.3, -0.25) is 9.59 Å². The number of quaternary nitrogens is 1. The fourth-order valence-corrected chi connectivity index (χ4v) is 1.45. The summed E-state index contributed by atoms with van der Waals surface area (Å²) in [5.41, 5.74) is -1.87. The van der Waals surface area contributed by atoms with Gasteiger partial charge in [0.15, 0.2) is 11.4 Å². The predicted molar refractivity (Wildman–Crippen MR) is 55.3 cm³/mol. The Hall–Kier alpha value is -1.20. The van der Waals surface area contributed by atoms with Gasteiger partial charge in [0.25, 0.3) is 0 Å². The van der Waals surface area contributed by atoms with Gasteiger partial charge in [0, 0.05) is 0 Å². The van der Waals surface area contributed by atoms with E-state index in [2.05, 4.69) is 6.58 Å². The van der Waals surface area contributed by atoms with Crippen molar-refractivity contribution < 1.29 is 24.3 Å². The van der Waals surface area contributed by atoms with Crippen LogP contribution in [0.15, 0.2) is 12.7 Å². The molecule has 0 amide bonds. The molecule has 5 heteroatoms. The summed E-state index contributed by atoms with van der Waals surface area (Å²) in [5, 5.41) is 18.6. The molecule has 0 aliphatic heterocycles. The highest BCUT2D eigenvalue weighted by Crippen LogP contribution is 2.16. The number of hydrogen-bond acceptors (Lipinski definition) is 3. The topological polar surface area (TPSA) is 74.6 Å². The molecule has 2 N–H and O–H groups in total. The maximum Gasteiger partial charge on any atom is 0.307 e. The normalized spacial score (nSPS) is 15.5. The molecule has 1 atom stereocenters. The first-order valence-electron chi connectivity index (χ1n) is 4.52. The summed E-state index contributed by atoms with van der Waals surface area (Å²) in [4.78, 5) is 22.0. The first-order valence-corrected chi connectivity index (χ1v) is 4.52. The van der Waals surface area contributed by atoms with Crippen LogP contribution in [0.3, 0.4) is 0 Å². The Morgan fingerprint density at radius 3 is 2.13 bits per heavy atom. The molecule has 0 aromatic heterocycles. The molecule has 0 heterocycles. The van der Waals surface area contributed by atoms with Gasteiger partial charge in [-0.05, 0) is 6.08 Å². The molecule has 0 unspecified atom stereocenters. The van der Waals surface area contributed by atoms with E-state index in [9.17, 15) is 14.7 Å². The third-order valence-electron chi connectivity index (χ3n) is 1.82. The Bertz CT molecular complexity index is 280. The van der Waals surface area contributed by atoms with Crippen molar-refractivity contribution in [1.29, 1.82) is 0 Å². The van der Waals surface area contributed by atoms with Crippen molar-refractivity contribution in [2.24, 2.45) is 0 Å². The monoisotopic (exact) mass is 216 g/mol. The maximum absolute atomic E-state index is 11.4. The Labute approximate surface area is 89.2 Å². The quantitative estimate of drug-likeness (QED) is 0.470. The number of ketones is 1. The fraction of sp³-hybridized carbons (Fsp3) is 0.600. The third kappa shape index (κ3) is 4.71. The first-order chi connectivity index (χ1) is 6.60. The molecular formula is C10H18NO4+. The minimum atomic E-state index is -1.87. The second-order valence-electron chi connectivity index (χ2n) is 4.62. The smallest absolute Gasteiger partial charge is 0.307 e. The van der Waals surface area contributed by atoms with Crippen molar-refractivity contribution in [3.8, 4) is 0 Å². The van der Waals surface area contributed by atoms with E-state index in [0.717, 1.165) is 6.08 Å². The zero-order chi connectivity index (χ0) is 12.3. The summed E-state index contributed by atoms with van der Waals surface area (Å²) in [6.07, 6.45) is 0.353. The number of nitrogens with zero attached hydrogens (tertiary/aromatic N) is 1. The Balaban J connectivity index is 4.93. The number of carboxylic acids is 1. The SMILES string of the molecule is C=CC(=O)[C@@](O)(CC(=O)O)C[N+](C)(C)C.